The van der Waals surface area contributed by atoms with Gasteiger partial charge >= 0.3 is 12.1 Å². The molecule has 1 atom stereocenters. The number of aliphatic carboxylic acids is 1. The number of likely N-dealkylation sites (tertiary alicyclic amines) is 1. The number of hydrogen-bond donors (Lipinski definition) is 2. The lowest BCUT2D eigenvalue weighted by Gasteiger charge is -2.32. The smallest absolute Gasteiger partial charge is 0.414 e. The van der Waals surface area contributed by atoms with Crippen molar-refractivity contribution in [1.82, 2.24) is 4.90 Å². The molecule has 0 aliphatic carbocycles. The molecule has 2 saturated heterocycles. The van der Waals surface area contributed by atoms with Gasteiger partial charge in [-0.25, -0.2) is 9.59 Å². The van der Waals surface area contributed by atoms with Crippen LogP contribution < -0.4 is 10.6 Å². The van der Waals surface area contributed by atoms with Crippen molar-refractivity contribution in [3.63, 3.8) is 0 Å². The first-order valence-corrected chi connectivity index (χ1v) is 8.88. The van der Waals surface area contributed by atoms with Gasteiger partial charge in [-0.3, -0.25) is 9.80 Å². The third-order valence-corrected chi connectivity index (χ3v) is 4.80. The van der Waals surface area contributed by atoms with Crippen LogP contribution in [0.25, 0.3) is 0 Å². The second-order valence-electron chi connectivity index (χ2n) is 6.69. The number of piperidine rings is 1. The summed E-state index contributed by atoms with van der Waals surface area (Å²) in [5, 5.41) is 8.66. The number of benzene rings is 1. The molecule has 0 spiro atoms. The molecule has 2 aliphatic heterocycles. The van der Waals surface area contributed by atoms with Crippen LogP contribution >= 0.6 is 0 Å². The van der Waals surface area contributed by atoms with Crippen LogP contribution in [-0.4, -0.2) is 67.1 Å². The Hall–Kier alpha value is -2.16. The number of hydrogen-bond acceptors (Lipinski definition) is 6. The summed E-state index contributed by atoms with van der Waals surface area (Å²) in [5.74, 6) is -0.940. The van der Waals surface area contributed by atoms with Gasteiger partial charge in [0.1, 0.15) is 12.7 Å². The highest BCUT2D eigenvalue weighted by Crippen LogP contribution is 2.23. The molecule has 8 heteroatoms. The summed E-state index contributed by atoms with van der Waals surface area (Å²) < 4.78 is 10.8. The van der Waals surface area contributed by atoms with E-state index in [-0.39, 0.29) is 24.9 Å². The molecule has 3 N–H and O–H groups in total. The third-order valence-electron chi connectivity index (χ3n) is 4.80. The summed E-state index contributed by atoms with van der Waals surface area (Å²) in [6, 6.07) is 7.60. The number of ether oxygens (including phenoxy) is 2. The van der Waals surface area contributed by atoms with Crippen LogP contribution in [0.5, 0.6) is 0 Å². The lowest BCUT2D eigenvalue weighted by molar-refractivity contribution is -0.145. The number of nitrogens with zero attached hydrogens (tertiary/aromatic N) is 2. The van der Waals surface area contributed by atoms with E-state index in [2.05, 4.69) is 4.90 Å². The monoisotopic (exact) mass is 363 g/mol. The second kappa shape index (κ2) is 8.48. The second-order valence-corrected chi connectivity index (χ2v) is 6.69. The van der Waals surface area contributed by atoms with Gasteiger partial charge in [0.2, 0.25) is 0 Å². The minimum absolute atomic E-state index is 0.00830. The number of cyclic esters (lactones) is 1. The maximum Gasteiger partial charge on any atom is 0.414 e. The van der Waals surface area contributed by atoms with Gasteiger partial charge in [0, 0.05) is 31.9 Å². The highest BCUT2D eigenvalue weighted by atomic mass is 16.6. The Kier molecular flexibility index (Phi) is 6.08. The van der Waals surface area contributed by atoms with Gasteiger partial charge in [-0.2, -0.15) is 0 Å². The van der Waals surface area contributed by atoms with Crippen molar-refractivity contribution in [2.24, 2.45) is 5.73 Å². The van der Waals surface area contributed by atoms with E-state index in [1.807, 2.05) is 24.3 Å². The van der Waals surface area contributed by atoms with Crippen molar-refractivity contribution >= 4 is 17.7 Å². The Balaban J connectivity index is 1.46. The molecule has 142 valence electrons. The average Bonchev–Trinajstić information content (AvgIpc) is 3.01. The third kappa shape index (κ3) is 4.72. The lowest BCUT2D eigenvalue weighted by Crippen LogP contribution is -2.42. The molecule has 3 rings (SSSR count). The standard InChI is InChI=1S/C18H25N3O5/c19-9-13-1-3-14(4-2-13)21-11-16(26-18(21)24)10-20-7-5-15(6-8-20)25-12-17(22)23/h1-4,15-16H,5-12,19H2,(H,22,23). The first-order valence-electron chi connectivity index (χ1n) is 8.88. The molecule has 8 nitrogen and oxygen atoms in total. The van der Waals surface area contributed by atoms with E-state index in [0.29, 0.717) is 19.6 Å². The molecule has 0 bridgehead atoms. The Morgan fingerprint density at radius 3 is 2.58 bits per heavy atom. The minimum atomic E-state index is -0.940. The van der Waals surface area contributed by atoms with Gasteiger partial charge in [0.15, 0.2) is 0 Å². The van der Waals surface area contributed by atoms with Crippen LogP contribution in [0.4, 0.5) is 10.5 Å². The Morgan fingerprint density at radius 2 is 1.96 bits per heavy atom. The summed E-state index contributed by atoms with van der Waals surface area (Å²) in [5.41, 5.74) is 7.44. The van der Waals surface area contributed by atoms with Crippen LogP contribution in [-0.2, 0) is 20.8 Å². The molecule has 1 unspecified atom stereocenters. The average molecular weight is 363 g/mol. The van der Waals surface area contributed by atoms with Gasteiger partial charge in [-0.05, 0) is 30.5 Å². The summed E-state index contributed by atoms with van der Waals surface area (Å²) in [7, 11) is 0. The van der Waals surface area contributed by atoms with E-state index in [1.165, 1.54) is 0 Å². The van der Waals surface area contributed by atoms with Crippen molar-refractivity contribution < 1.29 is 24.2 Å². The molecule has 1 aromatic rings. The van der Waals surface area contributed by atoms with Crippen LogP contribution in [0.3, 0.4) is 0 Å². The van der Waals surface area contributed by atoms with E-state index in [4.69, 9.17) is 20.3 Å². The normalized spacial score (nSPS) is 21.8. The number of carboxylic acids is 1. The topological polar surface area (TPSA) is 105 Å². The molecule has 2 aliphatic rings. The van der Waals surface area contributed by atoms with Gasteiger partial charge in [0.05, 0.1) is 12.6 Å². The molecule has 0 saturated carbocycles. The fourth-order valence-corrected chi connectivity index (χ4v) is 3.38. The zero-order valence-corrected chi connectivity index (χ0v) is 14.7. The van der Waals surface area contributed by atoms with Crippen molar-refractivity contribution in [3.8, 4) is 0 Å². The highest BCUT2D eigenvalue weighted by molar-refractivity contribution is 5.89. The molecule has 2 fully saturated rings. The highest BCUT2D eigenvalue weighted by Gasteiger charge is 2.34. The van der Waals surface area contributed by atoms with Crippen molar-refractivity contribution in [1.29, 1.82) is 0 Å². The van der Waals surface area contributed by atoms with Crippen LogP contribution in [0.1, 0.15) is 18.4 Å². The number of rotatable bonds is 7. The number of carbonyl (C=O) groups is 2. The van der Waals surface area contributed by atoms with Crippen LogP contribution in [0.2, 0.25) is 0 Å². The fraction of sp³-hybridized carbons (Fsp3) is 0.556. The first kappa shape index (κ1) is 18.6. The summed E-state index contributed by atoms with van der Waals surface area (Å²) in [6.07, 6.45) is 1.07. The van der Waals surface area contributed by atoms with Gasteiger partial charge in [-0.15, -0.1) is 0 Å². The van der Waals surface area contributed by atoms with Crippen molar-refractivity contribution in [2.45, 2.75) is 31.6 Å². The summed E-state index contributed by atoms with van der Waals surface area (Å²) >= 11 is 0. The van der Waals surface area contributed by atoms with E-state index in [1.54, 1.807) is 4.90 Å². The number of amides is 1. The maximum absolute atomic E-state index is 12.2. The van der Waals surface area contributed by atoms with E-state index in [9.17, 15) is 9.59 Å². The molecular weight excluding hydrogens is 338 g/mol. The first-order chi connectivity index (χ1) is 12.5. The number of nitrogens with two attached hydrogens (primary N) is 1. The van der Waals surface area contributed by atoms with Crippen molar-refractivity contribution in [2.75, 3.05) is 37.7 Å². The van der Waals surface area contributed by atoms with Crippen LogP contribution in [0, 0.1) is 0 Å². The molecule has 2 heterocycles. The Labute approximate surface area is 152 Å². The number of carbonyl (C=O) groups excluding carboxylic acids is 1. The van der Waals surface area contributed by atoms with Gasteiger partial charge < -0.3 is 20.3 Å². The Morgan fingerprint density at radius 1 is 1.27 bits per heavy atom. The predicted molar refractivity (Wildman–Crippen MR) is 95.0 cm³/mol. The molecule has 0 radical (unpaired) electrons. The van der Waals surface area contributed by atoms with Crippen molar-refractivity contribution in [3.05, 3.63) is 29.8 Å². The molecule has 1 aromatic carbocycles. The maximum atomic E-state index is 12.2. The number of carboxylic acid groups (broad SMARTS) is 1. The lowest BCUT2D eigenvalue weighted by atomic mass is 10.1. The quantitative estimate of drug-likeness (QED) is 0.745. The molecule has 1 amide bonds. The van der Waals surface area contributed by atoms with Crippen LogP contribution in [0.15, 0.2) is 24.3 Å². The molecule has 26 heavy (non-hydrogen) atoms. The summed E-state index contributed by atoms with van der Waals surface area (Å²) in [4.78, 5) is 26.6. The number of anilines is 1. The molecular formula is C18H25N3O5. The SMILES string of the molecule is NCc1ccc(N2CC(CN3CCC(OCC(=O)O)CC3)OC2=O)cc1. The largest absolute Gasteiger partial charge is 0.480 e. The fourth-order valence-electron chi connectivity index (χ4n) is 3.38. The zero-order valence-electron chi connectivity index (χ0n) is 14.7. The van der Waals surface area contributed by atoms with E-state index >= 15 is 0 Å². The van der Waals surface area contributed by atoms with E-state index in [0.717, 1.165) is 37.2 Å². The van der Waals surface area contributed by atoms with Gasteiger partial charge in [-0.1, -0.05) is 12.1 Å². The molecule has 0 aromatic heterocycles. The predicted octanol–water partition coefficient (Wildman–Crippen LogP) is 1.04. The zero-order chi connectivity index (χ0) is 18.5. The Bertz CT molecular complexity index is 628. The van der Waals surface area contributed by atoms with Gasteiger partial charge in [0.25, 0.3) is 0 Å². The minimum Gasteiger partial charge on any atom is -0.480 e. The summed E-state index contributed by atoms with van der Waals surface area (Å²) in [6.45, 7) is 3.04. The van der Waals surface area contributed by atoms with E-state index < -0.39 is 5.97 Å².